The molecular weight excluding hydrogens is 338 g/mol. The molecule has 4 heteroatoms. The fraction of sp³-hybridized carbons (Fsp3) is 0.409. The van der Waals surface area contributed by atoms with Crippen LogP contribution in [0.3, 0.4) is 0 Å². The van der Waals surface area contributed by atoms with Gasteiger partial charge in [-0.25, -0.2) is 0 Å². The van der Waals surface area contributed by atoms with E-state index in [2.05, 4.69) is 76.2 Å². The molecule has 1 unspecified atom stereocenters. The van der Waals surface area contributed by atoms with Gasteiger partial charge in [-0.15, -0.1) is 0 Å². The monoisotopic (exact) mass is 367 g/mol. The Balaban J connectivity index is 2.15. The SMILES string of the molecule is CCC(O[Si](c1ccccc1)(c1ccccc1)C(C)(C)C)N1CCC1=O. The molecule has 0 spiro atoms. The summed E-state index contributed by atoms with van der Waals surface area (Å²) in [6.07, 6.45) is 1.28. The number of rotatable bonds is 6. The summed E-state index contributed by atoms with van der Waals surface area (Å²) in [6, 6.07) is 21.2. The van der Waals surface area contributed by atoms with Crippen LogP contribution in [0.5, 0.6) is 0 Å². The van der Waals surface area contributed by atoms with Crippen LogP contribution in [0.1, 0.15) is 40.5 Å². The van der Waals surface area contributed by atoms with E-state index in [1.54, 1.807) is 0 Å². The molecule has 26 heavy (non-hydrogen) atoms. The largest absolute Gasteiger partial charge is 0.387 e. The number of benzene rings is 2. The molecule has 1 saturated heterocycles. The van der Waals surface area contributed by atoms with Gasteiger partial charge >= 0.3 is 0 Å². The molecular formula is C22H29NO2Si. The zero-order valence-electron chi connectivity index (χ0n) is 16.2. The fourth-order valence-corrected chi connectivity index (χ4v) is 8.62. The Morgan fingerprint density at radius 1 is 1.00 bits per heavy atom. The van der Waals surface area contributed by atoms with Crippen molar-refractivity contribution in [1.82, 2.24) is 4.90 Å². The van der Waals surface area contributed by atoms with E-state index in [4.69, 9.17) is 4.43 Å². The van der Waals surface area contributed by atoms with E-state index in [1.165, 1.54) is 10.4 Å². The molecule has 1 fully saturated rings. The molecule has 1 amide bonds. The van der Waals surface area contributed by atoms with Gasteiger partial charge in [-0.3, -0.25) is 4.79 Å². The normalized spacial score (nSPS) is 16.3. The summed E-state index contributed by atoms with van der Waals surface area (Å²) in [5, 5.41) is 2.44. The van der Waals surface area contributed by atoms with Gasteiger partial charge in [0.15, 0.2) is 0 Å². The van der Waals surface area contributed by atoms with Crippen LogP contribution in [0.25, 0.3) is 0 Å². The third-order valence-electron chi connectivity index (χ3n) is 5.31. The van der Waals surface area contributed by atoms with Crippen molar-refractivity contribution in [2.45, 2.75) is 51.8 Å². The minimum Gasteiger partial charge on any atom is -0.387 e. The van der Waals surface area contributed by atoms with Crippen LogP contribution in [0, 0.1) is 0 Å². The maximum absolute atomic E-state index is 12.1. The van der Waals surface area contributed by atoms with E-state index in [1.807, 2.05) is 17.0 Å². The molecule has 3 rings (SSSR count). The highest BCUT2D eigenvalue weighted by Crippen LogP contribution is 2.38. The molecule has 2 aromatic carbocycles. The molecule has 1 atom stereocenters. The molecule has 0 aromatic heterocycles. The number of β-lactam (4-membered cyclic amide) rings is 1. The van der Waals surface area contributed by atoms with Crippen LogP contribution < -0.4 is 10.4 Å². The summed E-state index contributed by atoms with van der Waals surface area (Å²) in [6.45, 7) is 9.71. The molecule has 0 aliphatic carbocycles. The molecule has 0 saturated carbocycles. The van der Waals surface area contributed by atoms with Gasteiger partial charge in [0.2, 0.25) is 5.91 Å². The predicted octanol–water partition coefficient (Wildman–Crippen LogP) is 3.53. The van der Waals surface area contributed by atoms with E-state index in [0.29, 0.717) is 6.42 Å². The van der Waals surface area contributed by atoms with Crippen LogP contribution in [0.15, 0.2) is 60.7 Å². The summed E-state index contributed by atoms with van der Waals surface area (Å²) in [5.41, 5.74) is 0. The predicted molar refractivity (Wildman–Crippen MR) is 109 cm³/mol. The van der Waals surface area contributed by atoms with Crippen molar-refractivity contribution in [3.05, 3.63) is 60.7 Å². The molecule has 0 N–H and O–H groups in total. The Hall–Kier alpha value is -1.91. The molecule has 2 aromatic rings. The first kappa shape index (κ1) is 18.9. The van der Waals surface area contributed by atoms with Gasteiger partial charge in [-0.05, 0) is 21.8 Å². The van der Waals surface area contributed by atoms with Gasteiger partial charge in [0, 0.05) is 13.0 Å². The highest BCUT2D eigenvalue weighted by atomic mass is 28.4. The van der Waals surface area contributed by atoms with E-state index < -0.39 is 8.32 Å². The minimum absolute atomic E-state index is 0.0724. The van der Waals surface area contributed by atoms with E-state index in [-0.39, 0.29) is 17.2 Å². The Labute approximate surface area is 158 Å². The maximum Gasteiger partial charge on any atom is 0.263 e. The van der Waals surface area contributed by atoms with Crippen LogP contribution in [0.2, 0.25) is 5.04 Å². The van der Waals surface area contributed by atoms with Crippen molar-refractivity contribution in [3.8, 4) is 0 Å². The van der Waals surface area contributed by atoms with E-state index in [0.717, 1.165) is 13.0 Å². The molecule has 0 bridgehead atoms. The van der Waals surface area contributed by atoms with Crippen molar-refractivity contribution in [1.29, 1.82) is 0 Å². The first-order valence-electron chi connectivity index (χ1n) is 9.48. The average molecular weight is 368 g/mol. The van der Waals surface area contributed by atoms with E-state index in [9.17, 15) is 4.79 Å². The van der Waals surface area contributed by atoms with Crippen molar-refractivity contribution >= 4 is 24.6 Å². The number of amides is 1. The van der Waals surface area contributed by atoms with Crippen LogP contribution >= 0.6 is 0 Å². The third-order valence-corrected chi connectivity index (χ3v) is 10.3. The Morgan fingerprint density at radius 2 is 1.50 bits per heavy atom. The average Bonchev–Trinajstić information content (AvgIpc) is 2.64. The lowest BCUT2D eigenvalue weighted by atomic mass is 10.2. The van der Waals surface area contributed by atoms with Gasteiger partial charge in [0.25, 0.3) is 8.32 Å². The Bertz CT molecular complexity index is 700. The van der Waals surface area contributed by atoms with Crippen molar-refractivity contribution in [3.63, 3.8) is 0 Å². The number of carbonyl (C=O) groups is 1. The lowest BCUT2D eigenvalue weighted by Gasteiger charge is -2.48. The molecule has 1 aliphatic heterocycles. The summed E-state index contributed by atoms with van der Waals surface area (Å²) in [5.74, 6) is 0.204. The summed E-state index contributed by atoms with van der Waals surface area (Å²) < 4.78 is 7.04. The van der Waals surface area contributed by atoms with Crippen LogP contribution in [0.4, 0.5) is 0 Å². The molecule has 1 heterocycles. The standard InChI is InChI=1S/C22H29NO2Si/c1-5-21(23-17-16-20(23)24)25-26(22(2,3)4,18-12-8-6-9-13-18)19-14-10-7-11-15-19/h6-15,21H,5,16-17H2,1-4H3. The van der Waals surface area contributed by atoms with Gasteiger partial charge in [-0.2, -0.15) is 0 Å². The topological polar surface area (TPSA) is 29.5 Å². The fourth-order valence-electron chi connectivity index (χ4n) is 3.90. The van der Waals surface area contributed by atoms with Gasteiger partial charge in [0.1, 0.15) is 6.23 Å². The van der Waals surface area contributed by atoms with E-state index >= 15 is 0 Å². The molecule has 138 valence electrons. The second-order valence-electron chi connectivity index (χ2n) is 7.98. The number of nitrogens with zero attached hydrogens (tertiary/aromatic N) is 1. The minimum atomic E-state index is -2.60. The van der Waals surface area contributed by atoms with Gasteiger partial charge in [0.05, 0.1) is 0 Å². The first-order valence-corrected chi connectivity index (χ1v) is 11.4. The Morgan fingerprint density at radius 3 is 1.81 bits per heavy atom. The zero-order valence-corrected chi connectivity index (χ0v) is 17.2. The summed E-state index contributed by atoms with van der Waals surface area (Å²) >= 11 is 0. The van der Waals surface area contributed by atoms with Crippen molar-refractivity contribution in [2.75, 3.05) is 6.54 Å². The van der Waals surface area contributed by atoms with Gasteiger partial charge in [-0.1, -0.05) is 88.4 Å². The van der Waals surface area contributed by atoms with Crippen molar-refractivity contribution < 1.29 is 9.22 Å². The number of hydrogen-bond donors (Lipinski definition) is 0. The van der Waals surface area contributed by atoms with Crippen molar-refractivity contribution in [2.24, 2.45) is 0 Å². The van der Waals surface area contributed by atoms with Gasteiger partial charge < -0.3 is 9.33 Å². The van der Waals surface area contributed by atoms with Crippen LogP contribution in [-0.2, 0) is 9.22 Å². The Kier molecular flexibility index (Phi) is 5.35. The molecule has 0 radical (unpaired) electrons. The number of likely N-dealkylation sites (tertiary alicyclic amines) is 1. The lowest BCUT2D eigenvalue weighted by molar-refractivity contribution is -0.151. The number of hydrogen-bond acceptors (Lipinski definition) is 2. The summed E-state index contributed by atoms with van der Waals surface area (Å²) in [4.78, 5) is 14.0. The first-order chi connectivity index (χ1) is 12.4. The number of carbonyl (C=O) groups excluding carboxylic acids is 1. The highest BCUT2D eigenvalue weighted by Gasteiger charge is 2.52. The zero-order chi connectivity index (χ0) is 18.8. The quantitative estimate of drug-likeness (QED) is 0.577. The highest BCUT2D eigenvalue weighted by molar-refractivity contribution is 6.99. The second kappa shape index (κ2) is 7.37. The molecule has 3 nitrogen and oxygen atoms in total. The second-order valence-corrected chi connectivity index (χ2v) is 12.2. The maximum atomic E-state index is 12.1. The molecule has 1 aliphatic rings. The lowest BCUT2D eigenvalue weighted by Crippen LogP contribution is -2.69. The van der Waals surface area contributed by atoms with Crippen LogP contribution in [-0.4, -0.2) is 31.9 Å². The summed E-state index contributed by atoms with van der Waals surface area (Å²) in [7, 11) is -2.60. The third kappa shape index (κ3) is 3.24. The smallest absolute Gasteiger partial charge is 0.263 e.